The molecule has 0 spiro atoms. The smallest absolute Gasteiger partial charge is 0.259 e. The van der Waals surface area contributed by atoms with Crippen LogP contribution in [0.1, 0.15) is 28.8 Å². The number of fused-ring (bicyclic) bond motifs is 1. The molecule has 3 aromatic heterocycles. The summed E-state index contributed by atoms with van der Waals surface area (Å²) in [7, 11) is 0. The van der Waals surface area contributed by atoms with Gasteiger partial charge in [0.05, 0.1) is 18.9 Å². The fourth-order valence-corrected chi connectivity index (χ4v) is 4.50. The minimum absolute atomic E-state index is 0.00101. The molecule has 178 valence electrons. The highest BCUT2D eigenvalue weighted by atomic mass is 16.5. The van der Waals surface area contributed by atoms with Gasteiger partial charge in [0, 0.05) is 57.6 Å². The van der Waals surface area contributed by atoms with E-state index in [0.29, 0.717) is 43.4 Å². The van der Waals surface area contributed by atoms with Crippen molar-refractivity contribution in [3.63, 3.8) is 0 Å². The number of ether oxygens (including phenoxy) is 2. The first-order chi connectivity index (χ1) is 16.7. The van der Waals surface area contributed by atoms with E-state index in [1.54, 1.807) is 40.3 Å². The van der Waals surface area contributed by atoms with Crippen molar-refractivity contribution in [2.75, 3.05) is 39.4 Å². The summed E-state index contributed by atoms with van der Waals surface area (Å²) >= 11 is 0. The van der Waals surface area contributed by atoms with E-state index in [-0.39, 0.29) is 24.5 Å². The summed E-state index contributed by atoms with van der Waals surface area (Å²) in [6.07, 6.45) is 9.88. The highest BCUT2D eigenvalue weighted by Crippen LogP contribution is 2.20. The molecule has 2 amide bonds. The number of amides is 2. The summed E-state index contributed by atoms with van der Waals surface area (Å²) in [5, 5.41) is 4.23. The summed E-state index contributed by atoms with van der Waals surface area (Å²) in [6.45, 7) is 3.19. The number of pyridine rings is 1. The van der Waals surface area contributed by atoms with Crippen LogP contribution in [0, 0.1) is 5.92 Å². The maximum Gasteiger partial charge on any atom is 0.259 e. The number of hydrogen-bond donors (Lipinski definition) is 0. The SMILES string of the molecule is O=C1CN(C(=O)c2cnn3cccnc23)C[C@H](OCc2cccnc2)CN1CC1CCOCC1. The van der Waals surface area contributed by atoms with Crippen molar-refractivity contribution in [2.45, 2.75) is 25.6 Å². The molecule has 0 N–H and O–H groups in total. The molecule has 5 heterocycles. The van der Waals surface area contributed by atoms with Gasteiger partial charge in [0.2, 0.25) is 5.91 Å². The summed E-state index contributed by atoms with van der Waals surface area (Å²) in [4.78, 5) is 38.6. The number of carbonyl (C=O) groups is 2. The average Bonchev–Trinajstić information content (AvgIpc) is 3.24. The van der Waals surface area contributed by atoms with Crippen molar-refractivity contribution in [3.05, 3.63) is 60.3 Å². The minimum atomic E-state index is -0.328. The Hall–Kier alpha value is -3.37. The third-order valence-corrected chi connectivity index (χ3v) is 6.35. The molecule has 10 nitrogen and oxygen atoms in total. The lowest BCUT2D eigenvalue weighted by Gasteiger charge is -2.30. The van der Waals surface area contributed by atoms with Crippen LogP contribution < -0.4 is 0 Å². The molecule has 5 rings (SSSR count). The van der Waals surface area contributed by atoms with E-state index in [1.165, 1.54) is 6.20 Å². The highest BCUT2D eigenvalue weighted by molar-refractivity contribution is 6.01. The molecule has 0 radical (unpaired) electrons. The van der Waals surface area contributed by atoms with Crippen LogP contribution in [0.5, 0.6) is 0 Å². The second kappa shape index (κ2) is 10.3. The van der Waals surface area contributed by atoms with Crippen LogP contribution in [0.3, 0.4) is 0 Å². The zero-order valence-corrected chi connectivity index (χ0v) is 19.0. The van der Waals surface area contributed by atoms with E-state index in [2.05, 4.69) is 15.1 Å². The molecule has 34 heavy (non-hydrogen) atoms. The minimum Gasteiger partial charge on any atom is -0.381 e. The quantitative estimate of drug-likeness (QED) is 0.544. The van der Waals surface area contributed by atoms with Crippen molar-refractivity contribution in [3.8, 4) is 0 Å². The molecule has 0 aliphatic carbocycles. The summed E-state index contributed by atoms with van der Waals surface area (Å²) in [5.74, 6) is 0.0458. The number of hydrogen-bond acceptors (Lipinski definition) is 7. The van der Waals surface area contributed by atoms with Crippen molar-refractivity contribution in [1.82, 2.24) is 29.4 Å². The molecule has 10 heteroatoms. The number of carbonyl (C=O) groups excluding carboxylic acids is 2. The van der Waals surface area contributed by atoms with Gasteiger partial charge in [-0.15, -0.1) is 0 Å². The van der Waals surface area contributed by atoms with E-state index < -0.39 is 0 Å². The molecule has 0 saturated carbocycles. The van der Waals surface area contributed by atoms with Crippen LogP contribution in [0.4, 0.5) is 0 Å². The number of nitrogens with zero attached hydrogens (tertiary/aromatic N) is 6. The first-order valence-electron chi connectivity index (χ1n) is 11.6. The first kappa shape index (κ1) is 22.4. The normalized spacial score (nSPS) is 20.0. The molecule has 2 aliphatic heterocycles. The Morgan fingerprint density at radius 2 is 2.03 bits per heavy atom. The second-order valence-electron chi connectivity index (χ2n) is 8.78. The third kappa shape index (κ3) is 5.07. The Morgan fingerprint density at radius 3 is 2.85 bits per heavy atom. The lowest BCUT2D eigenvalue weighted by atomic mass is 9.99. The molecule has 0 aromatic carbocycles. The fraction of sp³-hybridized carbons (Fsp3) is 0.458. The summed E-state index contributed by atoms with van der Waals surface area (Å²) in [5.41, 5.74) is 1.78. The first-order valence-corrected chi connectivity index (χ1v) is 11.6. The average molecular weight is 465 g/mol. The largest absolute Gasteiger partial charge is 0.381 e. The fourth-order valence-electron chi connectivity index (χ4n) is 4.50. The maximum atomic E-state index is 13.5. The van der Waals surface area contributed by atoms with E-state index in [9.17, 15) is 9.59 Å². The van der Waals surface area contributed by atoms with Gasteiger partial charge in [0.25, 0.3) is 5.91 Å². The zero-order valence-electron chi connectivity index (χ0n) is 19.0. The van der Waals surface area contributed by atoms with Gasteiger partial charge in [-0.25, -0.2) is 9.50 Å². The van der Waals surface area contributed by atoms with Crippen LogP contribution in [-0.2, 0) is 20.9 Å². The molecular formula is C24H28N6O4. The summed E-state index contributed by atoms with van der Waals surface area (Å²) in [6, 6.07) is 5.56. The van der Waals surface area contributed by atoms with Gasteiger partial charge in [-0.3, -0.25) is 14.6 Å². The number of aromatic nitrogens is 4. The van der Waals surface area contributed by atoms with Gasteiger partial charge < -0.3 is 19.3 Å². The van der Waals surface area contributed by atoms with Crippen molar-refractivity contribution < 1.29 is 19.1 Å². The molecule has 2 aliphatic rings. The van der Waals surface area contributed by atoms with E-state index >= 15 is 0 Å². The molecule has 2 saturated heterocycles. The lowest BCUT2D eigenvalue weighted by Crippen LogP contribution is -2.42. The van der Waals surface area contributed by atoms with Crippen molar-refractivity contribution in [1.29, 1.82) is 0 Å². The Morgan fingerprint density at radius 1 is 1.15 bits per heavy atom. The highest BCUT2D eigenvalue weighted by Gasteiger charge is 2.33. The predicted molar refractivity (Wildman–Crippen MR) is 122 cm³/mol. The van der Waals surface area contributed by atoms with Gasteiger partial charge >= 0.3 is 0 Å². The van der Waals surface area contributed by atoms with Crippen LogP contribution >= 0.6 is 0 Å². The van der Waals surface area contributed by atoms with Crippen LogP contribution in [-0.4, -0.2) is 86.7 Å². The van der Waals surface area contributed by atoms with Crippen molar-refractivity contribution in [2.24, 2.45) is 5.92 Å². The van der Waals surface area contributed by atoms with Gasteiger partial charge in [-0.1, -0.05) is 6.07 Å². The predicted octanol–water partition coefficient (Wildman–Crippen LogP) is 1.42. The van der Waals surface area contributed by atoms with Gasteiger partial charge in [0.1, 0.15) is 12.1 Å². The zero-order chi connectivity index (χ0) is 23.3. The van der Waals surface area contributed by atoms with Crippen LogP contribution in [0.15, 0.2) is 49.2 Å². The lowest BCUT2D eigenvalue weighted by molar-refractivity contribution is -0.132. The molecule has 3 aromatic rings. The van der Waals surface area contributed by atoms with Crippen LogP contribution in [0.25, 0.3) is 5.65 Å². The maximum absolute atomic E-state index is 13.5. The third-order valence-electron chi connectivity index (χ3n) is 6.35. The standard InChI is InChI=1S/C24H28N6O4/c31-22-16-29(24(32)21-12-27-30-8-2-7-26-23(21)30)15-20(34-17-19-3-1-6-25-11-19)14-28(22)13-18-4-9-33-10-5-18/h1-3,6-8,11-12,18,20H,4-5,9-10,13-17H2/t20-/m1/s1. The molecule has 2 fully saturated rings. The topological polar surface area (TPSA) is 102 Å². The number of rotatable bonds is 6. The molecule has 1 atom stereocenters. The Kier molecular flexibility index (Phi) is 6.77. The Bertz CT molecular complexity index is 1130. The van der Waals surface area contributed by atoms with Crippen LogP contribution in [0.2, 0.25) is 0 Å². The van der Waals surface area contributed by atoms with Gasteiger partial charge in [0.15, 0.2) is 5.65 Å². The Labute approximate surface area is 197 Å². The molecule has 0 bridgehead atoms. The molecule has 0 unspecified atom stereocenters. The van der Waals surface area contributed by atoms with E-state index in [4.69, 9.17) is 9.47 Å². The van der Waals surface area contributed by atoms with E-state index in [1.807, 2.05) is 17.0 Å². The van der Waals surface area contributed by atoms with Crippen molar-refractivity contribution >= 4 is 17.5 Å². The molecular weight excluding hydrogens is 436 g/mol. The summed E-state index contributed by atoms with van der Waals surface area (Å²) < 4.78 is 13.2. The monoisotopic (exact) mass is 464 g/mol. The van der Waals surface area contributed by atoms with Gasteiger partial charge in [-0.05, 0) is 36.5 Å². The Balaban J connectivity index is 1.36. The van der Waals surface area contributed by atoms with Gasteiger partial charge in [-0.2, -0.15) is 5.10 Å². The van der Waals surface area contributed by atoms with E-state index in [0.717, 1.165) is 31.6 Å². The second-order valence-corrected chi connectivity index (χ2v) is 8.78.